The molecular weight excluding hydrogens is 278 g/mol. The van der Waals surface area contributed by atoms with Crippen LogP contribution in [0.15, 0.2) is 18.2 Å². The lowest BCUT2D eigenvalue weighted by atomic mass is 10.1. The van der Waals surface area contributed by atoms with Crippen molar-refractivity contribution < 1.29 is 4.74 Å². The van der Waals surface area contributed by atoms with Gasteiger partial charge >= 0.3 is 0 Å². The third-order valence-electron chi connectivity index (χ3n) is 3.72. The summed E-state index contributed by atoms with van der Waals surface area (Å²) in [7, 11) is 3.71. The molecule has 0 spiro atoms. The van der Waals surface area contributed by atoms with E-state index in [1.54, 1.807) is 7.11 Å². The highest BCUT2D eigenvalue weighted by Crippen LogP contribution is 2.35. The maximum atomic E-state index is 6.11. The molecule has 1 aliphatic rings. The SMILES string of the molecule is CNC(CSC1CCCC1)c1cc(Cl)ccc1OC. The van der Waals surface area contributed by atoms with Gasteiger partial charge in [-0.25, -0.2) is 0 Å². The van der Waals surface area contributed by atoms with Crippen molar-refractivity contribution in [1.29, 1.82) is 0 Å². The maximum absolute atomic E-state index is 6.11. The normalized spacial score (nSPS) is 17.6. The van der Waals surface area contributed by atoms with E-state index in [4.69, 9.17) is 16.3 Å². The third kappa shape index (κ3) is 4.04. The summed E-state index contributed by atoms with van der Waals surface area (Å²) in [6.07, 6.45) is 5.52. The molecule has 0 heterocycles. The van der Waals surface area contributed by atoms with E-state index in [0.717, 1.165) is 27.3 Å². The van der Waals surface area contributed by atoms with Gasteiger partial charge in [0.05, 0.1) is 7.11 Å². The molecule has 0 aliphatic heterocycles. The van der Waals surface area contributed by atoms with Crippen molar-refractivity contribution >= 4 is 23.4 Å². The Labute approximate surface area is 125 Å². The van der Waals surface area contributed by atoms with E-state index >= 15 is 0 Å². The summed E-state index contributed by atoms with van der Waals surface area (Å²) >= 11 is 8.19. The van der Waals surface area contributed by atoms with Gasteiger partial charge in [0.25, 0.3) is 0 Å². The largest absolute Gasteiger partial charge is 0.496 e. The van der Waals surface area contributed by atoms with Crippen LogP contribution in [0.2, 0.25) is 5.02 Å². The van der Waals surface area contributed by atoms with Crippen LogP contribution < -0.4 is 10.1 Å². The fraction of sp³-hybridized carbons (Fsp3) is 0.600. The number of thioether (sulfide) groups is 1. The van der Waals surface area contributed by atoms with Crippen LogP contribution in [0.5, 0.6) is 5.75 Å². The van der Waals surface area contributed by atoms with Crippen LogP contribution in [-0.4, -0.2) is 25.2 Å². The summed E-state index contributed by atoms with van der Waals surface area (Å²) in [6, 6.07) is 6.12. The van der Waals surface area contributed by atoms with Gasteiger partial charge < -0.3 is 10.1 Å². The molecule has 1 fully saturated rings. The summed E-state index contributed by atoms with van der Waals surface area (Å²) in [5, 5.41) is 4.98. The van der Waals surface area contributed by atoms with E-state index in [1.807, 2.05) is 25.2 Å². The van der Waals surface area contributed by atoms with Gasteiger partial charge in [-0.1, -0.05) is 24.4 Å². The average molecular weight is 300 g/mol. The van der Waals surface area contributed by atoms with Crippen LogP contribution in [0.1, 0.15) is 37.3 Å². The van der Waals surface area contributed by atoms with E-state index in [0.29, 0.717) is 6.04 Å². The molecule has 0 amide bonds. The molecule has 1 saturated carbocycles. The highest BCUT2D eigenvalue weighted by molar-refractivity contribution is 7.99. The molecule has 0 aromatic heterocycles. The monoisotopic (exact) mass is 299 g/mol. The van der Waals surface area contributed by atoms with Crippen molar-refractivity contribution in [2.45, 2.75) is 37.0 Å². The molecule has 0 radical (unpaired) electrons. The molecule has 106 valence electrons. The van der Waals surface area contributed by atoms with Crippen molar-refractivity contribution in [2.75, 3.05) is 19.9 Å². The summed E-state index contributed by atoms with van der Waals surface area (Å²) in [6.45, 7) is 0. The molecule has 2 nitrogen and oxygen atoms in total. The first-order valence-electron chi connectivity index (χ1n) is 6.87. The molecule has 1 aliphatic carbocycles. The minimum absolute atomic E-state index is 0.291. The van der Waals surface area contributed by atoms with Crippen LogP contribution in [0, 0.1) is 0 Å². The van der Waals surface area contributed by atoms with Gasteiger partial charge in [0.15, 0.2) is 0 Å². The van der Waals surface area contributed by atoms with Crippen LogP contribution in [0.4, 0.5) is 0 Å². The second kappa shape index (κ2) is 7.41. The van der Waals surface area contributed by atoms with Crippen molar-refractivity contribution in [1.82, 2.24) is 5.32 Å². The fourth-order valence-electron chi connectivity index (χ4n) is 2.59. The Balaban J connectivity index is 2.05. The summed E-state index contributed by atoms with van der Waals surface area (Å²) < 4.78 is 5.45. The van der Waals surface area contributed by atoms with E-state index < -0.39 is 0 Å². The average Bonchev–Trinajstić information content (AvgIpc) is 2.93. The number of methoxy groups -OCH3 is 1. The number of hydrogen-bond acceptors (Lipinski definition) is 3. The van der Waals surface area contributed by atoms with E-state index in [9.17, 15) is 0 Å². The van der Waals surface area contributed by atoms with Crippen LogP contribution in [0.3, 0.4) is 0 Å². The molecule has 19 heavy (non-hydrogen) atoms. The van der Waals surface area contributed by atoms with E-state index in [-0.39, 0.29) is 0 Å². The molecule has 1 atom stereocenters. The van der Waals surface area contributed by atoms with E-state index in [2.05, 4.69) is 17.1 Å². The van der Waals surface area contributed by atoms with Gasteiger partial charge in [0.2, 0.25) is 0 Å². The predicted octanol–water partition coefficient (Wildman–Crippen LogP) is 4.28. The van der Waals surface area contributed by atoms with Gasteiger partial charge in [-0.3, -0.25) is 0 Å². The molecule has 1 aromatic carbocycles. The molecule has 2 rings (SSSR count). The summed E-state index contributed by atoms with van der Waals surface area (Å²) in [5.74, 6) is 1.98. The Bertz CT molecular complexity index is 407. The molecule has 0 bridgehead atoms. The van der Waals surface area contributed by atoms with Gasteiger partial charge in [0.1, 0.15) is 5.75 Å². The molecule has 1 N–H and O–H groups in total. The highest BCUT2D eigenvalue weighted by atomic mass is 35.5. The van der Waals surface area contributed by atoms with Gasteiger partial charge in [0, 0.05) is 27.6 Å². The molecule has 4 heteroatoms. The second-order valence-corrected chi connectivity index (χ2v) is 6.74. The van der Waals surface area contributed by atoms with Crippen LogP contribution >= 0.6 is 23.4 Å². The minimum atomic E-state index is 0.291. The number of hydrogen-bond donors (Lipinski definition) is 1. The van der Waals surface area contributed by atoms with Gasteiger partial charge in [-0.05, 0) is 38.1 Å². The zero-order valence-electron chi connectivity index (χ0n) is 11.6. The van der Waals surface area contributed by atoms with Crippen LogP contribution in [0.25, 0.3) is 0 Å². The minimum Gasteiger partial charge on any atom is -0.496 e. The number of benzene rings is 1. The first-order valence-corrected chi connectivity index (χ1v) is 8.29. The first-order chi connectivity index (χ1) is 9.24. The standard InChI is InChI=1S/C15H22ClNOS/c1-17-14(10-19-12-5-3-4-6-12)13-9-11(16)7-8-15(13)18-2/h7-9,12,14,17H,3-6,10H2,1-2H3. The summed E-state index contributed by atoms with van der Waals surface area (Å²) in [4.78, 5) is 0. The molecule has 1 unspecified atom stereocenters. The topological polar surface area (TPSA) is 21.3 Å². The van der Waals surface area contributed by atoms with Gasteiger partial charge in [-0.15, -0.1) is 0 Å². The van der Waals surface area contributed by atoms with Gasteiger partial charge in [-0.2, -0.15) is 11.8 Å². The molecule has 0 saturated heterocycles. The van der Waals surface area contributed by atoms with Crippen molar-refractivity contribution in [3.8, 4) is 5.75 Å². The number of halogens is 1. The zero-order valence-corrected chi connectivity index (χ0v) is 13.2. The fourth-order valence-corrected chi connectivity index (χ4v) is 4.25. The summed E-state index contributed by atoms with van der Waals surface area (Å²) in [5.41, 5.74) is 1.16. The Kier molecular flexibility index (Phi) is 5.86. The Hall–Kier alpha value is -0.380. The maximum Gasteiger partial charge on any atom is 0.123 e. The highest BCUT2D eigenvalue weighted by Gasteiger charge is 2.20. The van der Waals surface area contributed by atoms with Crippen molar-refractivity contribution in [3.05, 3.63) is 28.8 Å². The predicted molar refractivity (Wildman–Crippen MR) is 84.5 cm³/mol. The smallest absolute Gasteiger partial charge is 0.123 e. The number of ether oxygens (including phenoxy) is 1. The van der Waals surface area contributed by atoms with E-state index in [1.165, 1.54) is 25.7 Å². The van der Waals surface area contributed by atoms with Crippen molar-refractivity contribution in [2.24, 2.45) is 0 Å². The number of rotatable bonds is 6. The Morgan fingerprint density at radius 3 is 2.79 bits per heavy atom. The lowest BCUT2D eigenvalue weighted by molar-refractivity contribution is 0.404. The van der Waals surface area contributed by atoms with Crippen LogP contribution in [-0.2, 0) is 0 Å². The molecular formula is C15H22ClNOS. The number of nitrogens with one attached hydrogen (secondary N) is 1. The molecule has 1 aromatic rings. The Morgan fingerprint density at radius 1 is 1.42 bits per heavy atom. The second-order valence-electron chi connectivity index (χ2n) is 4.97. The zero-order chi connectivity index (χ0) is 13.7. The third-order valence-corrected chi connectivity index (χ3v) is 5.42. The Morgan fingerprint density at radius 2 is 2.16 bits per heavy atom. The van der Waals surface area contributed by atoms with Crippen molar-refractivity contribution in [3.63, 3.8) is 0 Å². The lowest BCUT2D eigenvalue weighted by Gasteiger charge is -2.21. The lowest BCUT2D eigenvalue weighted by Crippen LogP contribution is -2.20. The quantitative estimate of drug-likeness (QED) is 0.847. The first kappa shape index (κ1) is 15.0.